The molecule has 0 aromatic heterocycles. The van der Waals surface area contributed by atoms with Gasteiger partial charge in [0.25, 0.3) is 11.8 Å². The van der Waals surface area contributed by atoms with Gasteiger partial charge in [-0.25, -0.2) is 0 Å². The van der Waals surface area contributed by atoms with E-state index in [0.717, 1.165) is 11.1 Å². The fourth-order valence-electron chi connectivity index (χ4n) is 2.28. The molecule has 0 bridgehead atoms. The number of hydrogen-bond donors (Lipinski definition) is 2. The van der Waals surface area contributed by atoms with E-state index < -0.39 is 0 Å². The lowest BCUT2D eigenvalue weighted by molar-refractivity contribution is -0.118. The maximum Gasteiger partial charge on any atom is 0.262 e. The van der Waals surface area contributed by atoms with Crippen LogP contribution in [0.5, 0.6) is 5.75 Å². The molecule has 2 aromatic carbocycles. The quantitative estimate of drug-likeness (QED) is 0.892. The largest absolute Gasteiger partial charge is 0.483 e. The van der Waals surface area contributed by atoms with Crippen LogP contribution in [0.25, 0.3) is 0 Å². The zero-order valence-electron chi connectivity index (χ0n) is 13.5. The van der Waals surface area contributed by atoms with Gasteiger partial charge in [-0.1, -0.05) is 30.3 Å². The Morgan fingerprint density at radius 2 is 1.65 bits per heavy atom. The number of carbonyl (C=O) groups is 2. The fraction of sp³-hybridized carbons (Fsp3) is 0.222. The summed E-state index contributed by atoms with van der Waals surface area (Å²) in [6.45, 7) is 3.75. The highest BCUT2D eigenvalue weighted by Crippen LogP contribution is 2.22. The van der Waals surface area contributed by atoms with Crippen molar-refractivity contribution in [1.29, 1.82) is 0 Å². The van der Waals surface area contributed by atoms with Crippen LogP contribution in [0.2, 0.25) is 0 Å². The predicted octanol–water partition coefficient (Wildman–Crippen LogP) is 2.68. The van der Waals surface area contributed by atoms with Gasteiger partial charge in [-0.05, 0) is 37.1 Å². The maximum absolute atomic E-state index is 12.1. The Kier molecular flexibility index (Phi) is 5.36. The number of hydrogen-bond acceptors (Lipinski definition) is 3. The zero-order chi connectivity index (χ0) is 16.8. The SMILES string of the molecule is CNC(=O)c1ccccc1NC(=O)COc1c(C)cccc1C. The number of benzene rings is 2. The predicted molar refractivity (Wildman–Crippen MR) is 89.9 cm³/mol. The summed E-state index contributed by atoms with van der Waals surface area (Å²) >= 11 is 0. The van der Waals surface area contributed by atoms with Gasteiger partial charge >= 0.3 is 0 Å². The van der Waals surface area contributed by atoms with Gasteiger partial charge in [-0.2, -0.15) is 0 Å². The van der Waals surface area contributed by atoms with Crippen molar-refractivity contribution in [1.82, 2.24) is 5.32 Å². The molecule has 120 valence electrons. The number of amides is 2. The highest BCUT2D eigenvalue weighted by Gasteiger charge is 2.12. The first kappa shape index (κ1) is 16.5. The summed E-state index contributed by atoms with van der Waals surface area (Å²) in [7, 11) is 1.55. The van der Waals surface area contributed by atoms with E-state index in [1.54, 1.807) is 31.3 Å². The second kappa shape index (κ2) is 7.45. The van der Waals surface area contributed by atoms with Crippen molar-refractivity contribution < 1.29 is 14.3 Å². The molecule has 0 atom stereocenters. The van der Waals surface area contributed by atoms with Crippen LogP contribution in [0.3, 0.4) is 0 Å². The second-order valence-corrected chi connectivity index (χ2v) is 5.18. The van der Waals surface area contributed by atoms with Gasteiger partial charge in [0, 0.05) is 7.05 Å². The molecule has 5 heteroatoms. The molecule has 0 aliphatic rings. The van der Waals surface area contributed by atoms with Gasteiger partial charge in [-0.3, -0.25) is 9.59 Å². The van der Waals surface area contributed by atoms with Crippen molar-refractivity contribution in [2.45, 2.75) is 13.8 Å². The summed E-state index contributed by atoms with van der Waals surface area (Å²) in [5.74, 6) is 0.141. The lowest BCUT2D eigenvalue weighted by Crippen LogP contribution is -2.24. The number of ether oxygens (including phenoxy) is 1. The number of para-hydroxylation sites is 2. The molecule has 0 heterocycles. The van der Waals surface area contributed by atoms with Gasteiger partial charge < -0.3 is 15.4 Å². The Balaban J connectivity index is 2.05. The molecule has 2 aromatic rings. The van der Waals surface area contributed by atoms with Gasteiger partial charge in [-0.15, -0.1) is 0 Å². The molecule has 0 aliphatic carbocycles. The van der Waals surface area contributed by atoms with E-state index >= 15 is 0 Å². The Morgan fingerprint density at radius 1 is 1.00 bits per heavy atom. The van der Waals surface area contributed by atoms with Gasteiger partial charge in [0.1, 0.15) is 5.75 Å². The van der Waals surface area contributed by atoms with Crippen LogP contribution in [0.4, 0.5) is 5.69 Å². The molecule has 0 saturated heterocycles. The van der Waals surface area contributed by atoms with E-state index in [1.165, 1.54) is 0 Å². The average Bonchev–Trinajstić information content (AvgIpc) is 2.54. The molecule has 2 rings (SSSR count). The average molecular weight is 312 g/mol. The van der Waals surface area contributed by atoms with Gasteiger partial charge in [0.2, 0.25) is 0 Å². The fourth-order valence-corrected chi connectivity index (χ4v) is 2.28. The van der Waals surface area contributed by atoms with Crippen molar-refractivity contribution >= 4 is 17.5 Å². The van der Waals surface area contributed by atoms with Crippen LogP contribution in [-0.4, -0.2) is 25.5 Å². The summed E-state index contributed by atoms with van der Waals surface area (Å²) in [5, 5.41) is 5.26. The first-order valence-electron chi connectivity index (χ1n) is 7.33. The molecule has 0 saturated carbocycles. The zero-order valence-corrected chi connectivity index (χ0v) is 13.5. The third kappa shape index (κ3) is 4.10. The molecule has 0 radical (unpaired) electrons. The minimum absolute atomic E-state index is 0.117. The highest BCUT2D eigenvalue weighted by molar-refractivity contribution is 6.03. The summed E-state index contributed by atoms with van der Waals surface area (Å²) in [6, 6.07) is 12.6. The molecular formula is C18H20N2O3. The van der Waals surface area contributed by atoms with Crippen LogP contribution in [0.15, 0.2) is 42.5 Å². The topological polar surface area (TPSA) is 67.4 Å². The normalized spacial score (nSPS) is 10.0. The van der Waals surface area contributed by atoms with E-state index in [0.29, 0.717) is 17.0 Å². The van der Waals surface area contributed by atoms with E-state index in [9.17, 15) is 9.59 Å². The van der Waals surface area contributed by atoms with Gasteiger partial charge in [0.05, 0.1) is 11.3 Å². The minimum atomic E-state index is -0.316. The molecule has 0 spiro atoms. The Morgan fingerprint density at radius 3 is 2.30 bits per heavy atom. The van der Waals surface area contributed by atoms with Crippen molar-refractivity contribution in [3.05, 3.63) is 59.2 Å². The highest BCUT2D eigenvalue weighted by atomic mass is 16.5. The lowest BCUT2D eigenvalue weighted by atomic mass is 10.1. The molecule has 2 N–H and O–H groups in total. The van der Waals surface area contributed by atoms with Crippen LogP contribution < -0.4 is 15.4 Å². The summed E-state index contributed by atoms with van der Waals surface area (Å²) in [5.41, 5.74) is 2.82. The van der Waals surface area contributed by atoms with E-state index in [1.807, 2.05) is 32.0 Å². The molecule has 2 amide bonds. The third-order valence-electron chi connectivity index (χ3n) is 3.43. The molecule has 0 unspecified atom stereocenters. The summed E-state index contributed by atoms with van der Waals surface area (Å²) in [6.07, 6.45) is 0. The van der Waals surface area contributed by atoms with E-state index in [-0.39, 0.29) is 18.4 Å². The first-order chi connectivity index (χ1) is 11.0. The molecule has 0 fully saturated rings. The van der Waals surface area contributed by atoms with E-state index in [4.69, 9.17) is 4.74 Å². The number of rotatable bonds is 5. The van der Waals surface area contributed by atoms with Crippen molar-refractivity contribution in [2.24, 2.45) is 0 Å². The van der Waals surface area contributed by atoms with Crippen molar-refractivity contribution in [3.63, 3.8) is 0 Å². The van der Waals surface area contributed by atoms with Crippen LogP contribution in [-0.2, 0) is 4.79 Å². The van der Waals surface area contributed by atoms with Crippen molar-refractivity contribution in [3.8, 4) is 5.75 Å². The van der Waals surface area contributed by atoms with Crippen molar-refractivity contribution in [2.75, 3.05) is 19.0 Å². The maximum atomic E-state index is 12.1. The summed E-state index contributed by atoms with van der Waals surface area (Å²) < 4.78 is 5.62. The monoisotopic (exact) mass is 312 g/mol. The molecule has 23 heavy (non-hydrogen) atoms. The van der Waals surface area contributed by atoms with Gasteiger partial charge in [0.15, 0.2) is 6.61 Å². The smallest absolute Gasteiger partial charge is 0.262 e. The molecule has 0 aliphatic heterocycles. The Bertz CT molecular complexity index is 706. The number of carbonyl (C=O) groups excluding carboxylic acids is 2. The van der Waals surface area contributed by atoms with E-state index in [2.05, 4.69) is 10.6 Å². The number of nitrogens with one attached hydrogen (secondary N) is 2. The Labute approximate surface area is 135 Å². The molecule has 5 nitrogen and oxygen atoms in total. The number of anilines is 1. The number of aryl methyl sites for hydroxylation is 2. The third-order valence-corrected chi connectivity index (χ3v) is 3.43. The van der Waals surface area contributed by atoms with Crippen LogP contribution >= 0.6 is 0 Å². The van der Waals surface area contributed by atoms with Crippen LogP contribution in [0.1, 0.15) is 21.5 Å². The second-order valence-electron chi connectivity index (χ2n) is 5.18. The summed E-state index contributed by atoms with van der Waals surface area (Å²) in [4.78, 5) is 23.9. The minimum Gasteiger partial charge on any atom is -0.483 e. The first-order valence-corrected chi connectivity index (χ1v) is 7.33. The Hall–Kier alpha value is -2.82. The van der Waals surface area contributed by atoms with Crippen LogP contribution in [0, 0.1) is 13.8 Å². The lowest BCUT2D eigenvalue weighted by Gasteiger charge is -2.13. The molecular weight excluding hydrogens is 292 g/mol. The standard InChI is InChI=1S/C18H20N2O3/c1-12-7-6-8-13(2)17(12)23-11-16(21)20-15-10-5-4-9-14(15)18(22)19-3/h4-10H,11H2,1-3H3,(H,19,22)(H,20,21).